The van der Waals surface area contributed by atoms with Crippen molar-refractivity contribution in [3.8, 4) is 0 Å². The highest BCUT2D eigenvalue weighted by Crippen LogP contribution is 2.30. The van der Waals surface area contributed by atoms with Crippen molar-refractivity contribution in [1.29, 1.82) is 0 Å². The molecule has 17 heavy (non-hydrogen) atoms. The average Bonchev–Trinajstić information content (AvgIpc) is 2.76. The fraction of sp³-hybridized carbons (Fsp3) is 0.615. The van der Waals surface area contributed by atoms with Crippen LogP contribution in [0, 0.1) is 5.92 Å². The molecule has 0 aromatic carbocycles. The lowest BCUT2D eigenvalue weighted by atomic mass is 9.85. The first kappa shape index (κ1) is 12.4. The summed E-state index contributed by atoms with van der Waals surface area (Å²) >= 11 is 1.36. The maximum Gasteiger partial charge on any atom is 0.350 e. The Balaban J connectivity index is 2.00. The van der Waals surface area contributed by atoms with Crippen molar-refractivity contribution in [3.05, 3.63) is 16.3 Å². The van der Waals surface area contributed by atoms with Crippen molar-refractivity contribution in [3.63, 3.8) is 0 Å². The van der Waals surface area contributed by atoms with E-state index in [9.17, 15) is 4.79 Å². The van der Waals surface area contributed by atoms with Gasteiger partial charge in [0, 0.05) is 0 Å². The Morgan fingerprint density at radius 2 is 2.29 bits per heavy atom. The number of ether oxygens (including phenoxy) is 1. The van der Waals surface area contributed by atoms with Gasteiger partial charge in [-0.3, -0.25) is 0 Å². The predicted octanol–water partition coefficient (Wildman–Crippen LogP) is 3.46. The van der Waals surface area contributed by atoms with Crippen molar-refractivity contribution in [2.24, 2.45) is 5.92 Å². The van der Waals surface area contributed by atoms with Crippen molar-refractivity contribution in [1.82, 2.24) is 0 Å². The number of thiophene rings is 1. The number of hydrogen-bond donors (Lipinski definition) is 1. The minimum atomic E-state index is -0.247. The summed E-state index contributed by atoms with van der Waals surface area (Å²) in [7, 11) is 0. The molecule has 1 aromatic heterocycles. The molecule has 94 valence electrons. The third-order valence-corrected chi connectivity index (χ3v) is 4.41. The summed E-state index contributed by atoms with van der Waals surface area (Å²) in [4.78, 5) is 12.5. The van der Waals surface area contributed by atoms with E-state index in [2.05, 4.69) is 6.92 Å². The highest BCUT2D eigenvalue weighted by molar-refractivity contribution is 7.12. The van der Waals surface area contributed by atoms with Crippen LogP contribution in [0.25, 0.3) is 0 Å². The molecule has 2 rings (SSSR count). The molecular formula is C13H19NO2S. The van der Waals surface area contributed by atoms with E-state index in [1.54, 1.807) is 6.07 Å². The number of rotatable bonds is 3. The van der Waals surface area contributed by atoms with E-state index >= 15 is 0 Å². The summed E-state index contributed by atoms with van der Waals surface area (Å²) in [5.74, 6) is 0.275. The fourth-order valence-corrected chi connectivity index (χ4v) is 3.17. The van der Waals surface area contributed by atoms with Gasteiger partial charge in [-0.15, -0.1) is 11.3 Å². The van der Waals surface area contributed by atoms with Crippen LogP contribution in [0.3, 0.4) is 0 Å². The van der Waals surface area contributed by atoms with Gasteiger partial charge in [-0.25, -0.2) is 4.79 Å². The van der Waals surface area contributed by atoms with E-state index < -0.39 is 0 Å². The molecule has 0 amide bonds. The van der Waals surface area contributed by atoms with E-state index in [0.717, 1.165) is 19.3 Å². The SMILES string of the molecule is CCC1CCCCC1OC(=O)c1sccc1N. The number of carbonyl (C=O) groups excluding carboxylic acids is 1. The summed E-state index contributed by atoms with van der Waals surface area (Å²) in [6.45, 7) is 2.16. The molecule has 1 aliphatic rings. The molecule has 2 N–H and O–H groups in total. The smallest absolute Gasteiger partial charge is 0.350 e. The second kappa shape index (κ2) is 5.54. The molecule has 0 spiro atoms. The van der Waals surface area contributed by atoms with Gasteiger partial charge in [0.15, 0.2) is 0 Å². The topological polar surface area (TPSA) is 52.3 Å². The second-order valence-corrected chi connectivity index (χ2v) is 5.52. The Morgan fingerprint density at radius 1 is 1.53 bits per heavy atom. The first-order valence-electron chi connectivity index (χ1n) is 6.26. The Kier molecular flexibility index (Phi) is 4.05. The minimum Gasteiger partial charge on any atom is -0.458 e. The molecule has 1 fully saturated rings. The molecule has 2 atom stereocenters. The normalized spacial score (nSPS) is 24.5. The number of nitrogens with two attached hydrogens (primary N) is 1. The summed E-state index contributed by atoms with van der Waals surface area (Å²) < 4.78 is 5.61. The van der Waals surface area contributed by atoms with Gasteiger partial charge >= 0.3 is 5.97 Å². The zero-order chi connectivity index (χ0) is 12.3. The maximum absolute atomic E-state index is 12.0. The van der Waals surface area contributed by atoms with Gasteiger partial charge in [-0.2, -0.15) is 0 Å². The van der Waals surface area contributed by atoms with Gasteiger partial charge in [0.1, 0.15) is 11.0 Å². The third kappa shape index (κ3) is 2.80. The summed E-state index contributed by atoms with van der Waals surface area (Å²) in [5.41, 5.74) is 6.25. The van der Waals surface area contributed by atoms with Crippen LogP contribution in [0.4, 0.5) is 5.69 Å². The van der Waals surface area contributed by atoms with Crippen LogP contribution >= 0.6 is 11.3 Å². The lowest BCUT2D eigenvalue weighted by molar-refractivity contribution is 0.00132. The largest absolute Gasteiger partial charge is 0.458 e. The van der Waals surface area contributed by atoms with Crippen molar-refractivity contribution in [2.75, 3.05) is 5.73 Å². The van der Waals surface area contributed by atoms with Crippen LogP contribution in [0.1, 0.15) is 48.7 Å². The molecule has 0 radical (unpaired) electrons. The average molecular weight is 253 g/mol. The lowest BCUT2D eigenvalue weighted by Gasteiger charge is -2.30. The van der Waals surface area contributed by atoms with E-state index in [-0.39, 0.29) is 12.1 Å². The molecule has 0 aliphatic heterocycles. The van der Waals surface area contributed by atoms with Crippen LogP contribution in [0.5, 0.6) is 0 Å². The number of anilines is 1. The Bertz CT molecular complexity index is 389. The molecule has 1 saturated carbocycles. The van der Waals surface area contributed by atoms with Crippen LogP contribution in [-0.2, 0) is 4.74 Å². The lowest BCUT2D eigenvalue weighted by Crippen LogP contribution is -2.29. The minimum absolute atomic E-state index is 0.0859. The molecule has 3 nitrogen and oxygen atoms in total. The predicted molar refractivity (Wildman–Crippen MR) is 70.2 cm³/mol. The van der Waals surface area contributed by atoms with Gasteiger partial charge in [0.05, 0.1) is 5.69 Å². The molecule has 1 aromatic rings. The number of carbonyl (C=O) groups is 1. The standard InChI is InChI=1S/C13H19NO2S/c1-2-9-5-3-4-6-11(9)16-13(15)12-10(14)7-8-17-12/h7-9,11H,2-6,14H2,1H3. The number of esters is 1. The van der Waals surface area contributed by atoms with Gasteiger partial charge < -0.3 is 10.5 Å². The van der Waals surface area contributed by atoms with Crippen LogP contribution in [0.2, 0.25) is 0 Å². The number of nitrogen functional groups attached to an aromatic ring is 1. The molecular weight excluding hydrogens is 234 g/mol. The van der Waals surface area contributed by atoms with Gasteiger partial charge in [-0.05, 0) is 43.0 Å². The quantitative estimate of drug-likeness (QED) is 0.839. The van der Waals surface area contributed by atoms with E-state index in [0.29, 0.717) is 16.5 Å². The maximum atomic E-state index is 12.0. The molecule has 0 bridgehead atoms. The van der Waals surface area contributed by atoms with Gasteiger partial charge in [0.25, 0.3) is 0 Å². The molecule has 1 aliphatic carbocycles. The third-order valence-electron chi connectivity index (χ3n) is 3.50. The van der Waals surface area contributed by atoms with Crippen LogP contribution in [-0.4, -0.2) is 12.1 Å². The molecule has 4 heteroatoms. The van der Waals surface area contributed by atoms with Crippen molar-refractivity contribution in [2.45, 2.75) is 45.1 Å². The van der Waals surface area contributed by atoms with Crippen molar-refractivity contribution >= 4 is 23.0 Å². The molecule has 2 unspecified atom stereocenters. The van der Waals surface area contributed by atoms with Crippen LogP contribution < -0.4 is 5.73 Å². The second-order valence-electron chi connectivity index (χ2n) is 4.60. The Morgan fingerprint density at radius 3 is 2.94 bits per heavy atom. The zero-order valence-electron chi connectivity index (χ0n) is 10.1. The summed E-state index contributed by atoms with van der Waals surface area (Å²) in [5, 5.41) is 1.82. The van der Waals surface area contributed by atoms with E-state index in [4.69, 9.17) is 10.5 Å². The van der Waals surface area contributed by atoms with Crippen molar-refractivity contribution < 1.29 is 9.53 Å². The van der Waals surface area contributed by atoms with Gasteiger partial charge in [-0.1, -0.05) is 13.3 Å². The zero-order valence-corrected chi connectivity index (χ0v) is 11.0. The first-order valence-corrected chi connectivity index (χ1v) is 7.14. The highest BCUT2D eigenvalue weighted by atomic mass is 32.1. The van der Waals surface area contributed by atoms with E-state index in [1.165, 1.54) is 24.2 Å². The molecule has 0 saturated heterocycles. The molecule has 1 heterocycles. The van der Waals surface area contributed by atoms with Gasteiger partial charge in [0.2, 0.25) is 0 Å². The Labute approximate surface area is 106 Å². The van der Waals surface area contributed by atoms with E-state index in [1.807, 2.05) is 5.38 Å². The fourth-order valence-electron chi connectivity index (χ4n) is 2.47. The number of hydrogen-bond acceptors (Lipinski definition) is 4. The Hall–Kier alpha value is -1.03. The van der Waals surface area contributed by atoms with Crippen LogP contribution in [0.15, 0.2) is 11.4 Å². The summed E-state index contributed by atoms with van der Waals surface area (Å²) in [6, 6.07) is 1.75. The first-order chi connectivity index (χ1) is 8.22. The summed E-state index contributed by atoms with van der Waals surface area (Å²) in [6.07, 6.45) is 5.76. The highest BCUT2D eigenvalue weighted by Gasteiger charge is 2.28. The monoisotopic (exact) mass is 253 g/mol.